The van der Waals surface area contributed by atoms with Gasteiger partial charge in [0.05, 0.1) is 42.6 Å². The molecule has 3 aromatic rings. The Balaban J connectivity index is 1.95. The first-order chi connectivity index (χ1) is 20.7. The van der Waals surface area contributed by atoms with Gasteiger partial charge < -0.3 is 20.1 Å². The largest absolute Gasteiger partial charge is 0.495 e. The van der Waals surface area contributed by atoms with E-state index in [0.717, 1.165) is 25.3 Å². The van der Waals surface area contributed by atoms with Crippen LogP contribution in [-0.4, -0.2) is 38.2 Å². The molecule has 0 unspecified atom stereocenters. The van der Waals surface area contributed by atoms with Gasteiger partial charge in [0.25, 0.3) is 0 Å². The molecule has 1 aliphatic rings. The Kier molecular flexibility index (Phi) is 9.54. The molecule has 7 nitrogen and oxygen atoms in total. The third kappa shape index (κ3) is 6.09. The van der Waals surface area contributed by atoms with Gasteiger partial charge in [-0.05, 0) is 41.7 Å². The molecule has 1 fully saturated rings. The van der Waals surface area contributed by atoms with Gasteiger partial charge in [0, 0.05) is 28.6 Å². The normalized spacial score (nSPS) is 21.4. The van der Waals surface area contributed by atoms with Crippen LogP contribution in [0.4, 0.5) is 18.9 Å². The molecule has 0 radical (unpaired) electrons. The first-order valence-corrected chi connectivity index (χ1v) is 14.3. The van der Waals surface area contributed by atoms with Gasteiger partial charge in [-0.2, -0.15) is 5.26 Å². The van der Waals surface area contributed by atoms with Crippen LogP contribution in [0, 0.1) is 34.2 Å². The molecule has 1 saturated heterocycles. The van der Waals surface area contributed by atoms with Gasteiger partial charge in [-0.25, -0.2) is 18.0 Å². The highest BCUT2D eigenvalue weighted by molar-refractivity contribution is 6.31. The summed E-state index contributed by atoms with van der Waals surface area (Å²) in [5.74, 6) is -5.84. The molecule has 4 rings (SSSR count). The van der Waals surface area contributed by atoms with Crippen molar-refractivity contribution in [1.82, 2.24) is 5.32 Å². The fourth-order valence-corrected chi connectivity index (χ4v) is 6.19. The molecule has 232 valence electrons. The lowest BCUT2D eigenvalue weighted by Crippen LogP contribution is -2.45. The summed E-state index contributed by atoms with van der Waals surface area (Å²) in [5.41, 5.74) is -3.05. The van der Waals surface area contributed by atoms with Crippen LogP contribution in [0.2, 0.25) is 10.0 Å². The number of halogens is 5. The lowest BCUT2D eigenvalue weighted by molar-refractivity contribution is -0.118. The number of esters is 1. The van der Waals surface area contributed by atoms with E-state index in [1.165, 1.54) is 37.4 Å². The Morgan fingerprint density at radius 3 is 2.36 bits per heavy atom. The van der Waals surface area contributed by atoms with E-state index in [1.54, 1.807) is 0 Å². The molecule has 1 heterocycles. The zero-order valence-electron chi connectivity index (χ0n) is 24.5. The topological polar surface area (TPSA) is 100 Å². The molecular formula is C32H30Cl2F3N3O4. The Morgan fingerprint density at radius 1 is 1.07 bits per heavy atom. The number of hydrogen-bond donors (Lipinski definition) is 2. The van der Waals surface area contributed by atoms with Gasteiger partial charge in [0.1, 0.15) is 28.6 Å². The number of rotatable bonds is 7. The molecule has 12 heteroatoms. The minimum Gasteiger partial charge on any atom is -0.495 e. The first kappa shape index (κ1) is 33.1. The maximum absolute atomic E-state index is 15.8. The third-order valence-corrected chi connectivity index (χ3v) is 8.21. The van der Waals surface area contributed by atoms with Crippen molar-refractivity contribution in [3.05, 3.63) is 92.7 Å². The summed E-state index contributed by atoms with van der Waals surface area (Å²) in [6.45, 7) is 5.73. The van der Waals surface area contributed by atoms with E-state index in [4.69, 9.17) is 27.9 Å². The number of hydrogen-bond acceptors (Lipinski definition) is 6. The summed E-state index contributed by atoms with van der Waals surface area (Å²) in [5, 5.41) is 16.5. The van der Waals surface area contributed by atoms with Crippen molar-refractivity contribution in [2.45, 2.75) is 50.6 Å². The Morgan fingerprint density at radius 2 is 1.77 bits per heavy atom. The van der Waals surface area contributed by atoms with Gasteiger partial charge in [-0.15, -0.1) is 0 Å². The van der Waals surface area contributed by atoms with Gasteiger partial charge in [0.15, 0.2) is 0 Å². The molecule has 1 amide bonds. The molecular weight excluding hydrogens is 618 g/mol. The number of amides is 1. The van der Waals surface area contributed by atoms with Crippen molar-refractivity contribution in [3.63, 3.8) is 0 Å². The van der Waals surface area contributed by atoms with E-state index in [1.807, 2.05) is 20.8 Å². The van der Waals surface area contributed by atoms with Crippen molar-refractivity contribution in [3.8, 4) is 11.8 Å². The number of benzene rings is 3. The van der Waals surface area contributed by atoms with Crippen LogP contribution in [0.25, 0.3) is 0 Å². The summed E-state index contributed by atoms with van der Waals surface area (Å²) in [7, 11) is 2.34. The van der Waals surface area contributed by atoms with Gasteiger partial charge >= 0.3 is 5.97 Å². The maximum Gasteiger partial charge on any atom is 0.340 e. The summed E-state index contributed by atoms with van der Waals surface area (Å²) in [6.07, 6.45) is 0.261. The van der Waals surface area contributed by atoms with Crippen LogP contribution in [0.5, 0.6) is 5.75 Å². The number of methoxy groups -OCH3 is 2. The number of nitrogens with zero attached hydrogens (tertiary/aromatic N) is 1. The number of carbonyl (C=O) groups excluding carboxylic acids is 2. The van der Waals surface area contributed by atoms with Gasteiger partial charge in [0.2, 0.25) is 5.91 Å². The fraction of sp³-hybridized carbons (Fsp3) is 0.344. The second-order valence-corrected chi connectivity index (χ2v) is 12.5. The first-order valence-electron chi connectivity index (χ1n) is 13.5. The van der Waals surface area contributed by atoms with E-state index in [2.05, 4.69) is 21.4 Å². The molecule has 2 N–H and O–H groups in total. The number of anilines is 1. The van der Waals surface area contributed by atoms with Crippen molar-refractivity contribution in [1.29, 1.82) is 5.26 Å². The minimum atomic E-state index is -1.85. The molecule has 0 saturated carbocycles. The number of carbonyl (C=O) groups is 2. The average molecular weight is 649 g/mol. The quantitative estimate of drug-likeness (QED) is 0.264. The minimum absolute atomic E-state index is 0.0647. The highest BCUT2D eigenvalue weighted by Gasteiger charge is 2.61. The predicted molar refractivity (Wildman–Crippen MR) is 161 cm³/mol. The monoisotopic (exact) mass is 647 g/mol. The van der Waals surface area contributed by atoms with Crippen LogP contribution in [0.1, 0.15) is 54.6 Å². The lowest BCUT2D eigenvalue weighted by Gasteiger charge is -2.37. The van der Waals surface area contributed by atoms with Crippen molar-refractivity contribution in [2.75, 3.05) is 19.5 Å². The Hall–Kier alpha value is -3.78. The molecule has 0 aliphatic carbocycles. The maximum atomic E-state index is 15.8. The Labute approximate surface area is 263 Å². The summed E-state index contributed by atoms with van der Waals surface area (Å²) >= 11 is 12.2. The standard InChI is InChI=1S/C32H30Cl2F3N3O4/c1-31(2,3)14-25-32(15-38,19-10-9-16(33)11-22(19)36)26(17-7-6-8-20(34)27(17)37)28(40-25)29(41)39-23-13-21(35)18(30(42)44-5)12-24(23)43-4/h6-13,25-26,28,40H,14H2,1-5H3,(H,39,41)/t25-,26-,28+,32-/m0/s1. The van der Waals surface area contributed by atoms with E-state index < -0.39 is 63.7 Å². The molecule has 1 aliphatic heterocycles. The summed E-state index contributed by atoms with van der Waals surface area (Å²) in [4.78, 5) is 26.1. The molecule has 0 bridgehead atoms. The average Bonchev–Trinajstić information content (AvgIpc) is 3.27. The van der Waals surface area contributed by atoms with Crippen LogP contribution < -0.4 is 15.4 Å². The molecule has 44 heavy (non-hydrogen) atoms. The van der Waals surface area contributed by atoms with Crippen molar-refractivity contribution < 1.29 is 32.2 Å². The van der Waals surface area contributed by atoms with Gasteiger partial charge in [-0.3, -0.25) is 4.79 Å². The smallest absolute Gasteiger partial charge is 0.340 e. The second kappa shape index (κ2) is 12.7. The zero-order valence-corrected chi connectivity index (χ0v) is 26.0. The van der Waals surface area contributed by atoms with E-state index in [-0.39, 0.29) is 39.0 Å². The molecule has 0 aromatic heterocycles. The SMILES string of the molecule is COC(=O)c1cc(OC)c(NC(=O)[C@@H]2N[C@@H](CC(C)(C)C)[C@](C#N)(c3ccc(Cl)cc3F)[C@H]2c2cccc(Cl)c2F)cc1F. The van der Waals surface area contributed by atoms with E-state index in [0.29, 0.717) is 0 Å². The predicted octanol–water partition coefficient (Wildman–Crippen LogP) is 7.17. The number of nitrogens with one attached hydrogen (secondary N) is 2. The molecule has 0 spiro atoms. The Bertz CT molecular complexity index is 1660. The van der Waals surface area contributed by atoms with E-state index in [9.17, 15) is 19.2 Å². The van der Waals surface area contributed by atoms with Crippen molar-refractivity contribution >= 4 is 40.8 Å². The molecule has 3 aromatic carbocycles. The van der Waals surface area contributed by atoms with Crippen LogP contribution >= 0.6 is 23.2 Å². The van der Waals surface area contributed by atoms with Gasteiger partial charge in [-0.1, -0.05) is 62.2 Å². The van der Waals surface area contributed by atoms with Crippen LogP contribution in [0.15, 0.2) is 48.5 Å². The molecule has 4 atom stereocenters. The lowest BCUT2D eigenvalue weighted by atomic mass is 9.62. The number of nitriles is 1. The van der Waals surface area contributed by atoms with Crippen LogP contribution in [-0.2, 0) is 14.9 Å². The number of ether oxygens (including phenoxy) is 2. The fourth-order valence-electron chi connectivity index (χ4n) is 5.85. The summed E-state index contributed by atoms with van der Waals surface area (Å²) in [6, 6.07) is 9.97. The van der Waals surface area contributed by atoms with E-state index >= 15 is 8.78 Å². The summed E-state index contributed by atoms with van der Waals surface area (Å²) < 4.78 is 56.4. The highest BCUT2D eigenvalue weighted by atomic mass is 35.5. The zero-order chi connectivity index (χ0) is 32.6. The van der Waals surface area contributed by atoms with Crippen LogP contribution in [0.3, 0.4) is 0 Å². The second-order valence-electron chi connectivity index (χ2n) is 11.7. The highest BCUT2D eigenvalue weighted by Crippen LogP contribution is 2.53. The van der Waals surface area contributed by atoms with Crippen molar-refractivity contribution in [2.24, 2.45) is 5.41 Å². The third-order valence-electron chi connectivity index (χ3n) is 7.68.